The Morgan fingerprint density at radius 1 is 1.27 bits per heavy atom. The number of carbonyl (C=O) groups is 1. The minimum atomic E-state index is -3.43. The number of piperidine rings is 1. The Bertz CT molecular complexity index is 995. The summed E-state index contributed by atoms with van der Waals surface area (Å²) in [6, 6.07) is 9.22. The van der Waals surface area contributed by atoms with Crippen molar-refractivity contribution in [3.63, 3.8) is 0 Å². The van der Waals surface area contributed by atoms with Gasteiger partial charge in [-0.25, -0.2) is 17.7 Å². The van der Waals surface area contributed by atoms with E-state index in [0.29, 0.717) is 32.5 Å². The molecule has 1 spiro atoms. The summed E-state index contributed by atoms with van der Waals surface area (Å²) in [5, 5.41) is 2.91. The van der Waals surface area contributed by atoms with Gasteiger partial charge in [0.1, 0.15) is 11.4 Å². The lowest BCUT2D eigenvalue weighted by Gasteiger charge is -2.45. The maximum atomic E-state index is 12.9. The van der Waals surface area contributed by atoms with Crippen LogP contribution in [0, 0.1) is 0 Å². The second-order valence-electron chi connectivity index (χ2n) is 8.31. The molecule has 3 heterocycles. The van der Waals surface area contributed by atoms with Crippen LogP contribution in [0.4, 0.5) is 0 Å². The smallest absolute Gasteiger partial charge is 0.251 e. The normalized spacial score (nSPS) is 21.5. The summed E-state index contributed by atoms with van der Waals surface area (Å²) in [6.07, 6.45) is 3.87. The minimum Gasteiger partial charge on any atom is -0.352 e. The van der Waals surface area contributed by atoms with Crippen molar-refractivity contribution in [1.29, 1.82) is 0 Å². The van der Waals surface area contributed by atoms with E-state index in [1.165, 1.54) is 4.31 Å². The van der Waals surface area contributed by atoms with Crippen molar-refractivity contribution in [2.45, 2.75) is 56.7 Å². The predicted molar refractivity (Wildman–Crippen MR) is 112 cm³/mol. The van der Waals surface area contributed by atoms with Crippen LogP contribution in [0.3, 0.4) is 0 Å². The lowest BCUT2D eigenvalue weighted by atomic mass is 9.89. The molecule has 162 valence electrons. The first kappa shape index (κ1) is 21.0. The number of sulfonamides is 1. The number of hydrogen-bond acceptors (Lipinski definition) is 5. The zero-order valence-electron chi connectivity index (χ0n) is 17.3. The molecule has 30 heavy (non-hydrogen) atoms. The van der Waals surface area contributed by atoms with Crippen LogP contribution in [-0.2, 0) is 37.5 Å². The number of nitrogens with one attached hydrogen (secondary N) is 1. The summed E-state index contributed by atoms with van der Waals surface area (Å²) < 4.78 is 35.6. The monoisotopic (exact) mass is 432 g/mol. The first-order valence-corrected chi connectivity index (χ1v) is 11.9. The SMILES string of the molecule is CC(C)NC(=O)C1Cn2ccnc2C2(CCN(S(=O)(=O)Cc3ccccc3)CC2)O1. The van der Waals surface area contributed by atoms with Crippen LogP contribution in [0.15, 0.2) is 42.7 Å². The fourth-order valence-corrected chi connectivity index (χ4v) is 5.79. The molecule has 1 aromatic heterocycles. The first-order valence-electron chi connectivity index (χ1n) is 10.3. The molecule has 1 fully saturated rings. The quantitative estimate of drug-likeness (QED) is 0.775. The van der Waals surface area contributed by atoms with E-state index in [9.17, 15) is 13.2 Å². The highest BCUT2D eigenvalue weighted by Crippen LogP contribution is 2.40. The number of aromatic nitrogens is 2. The van der Waals surface area contributed by atoms with Crippen molar-refractivity contribution in [1.82, 2.24) is 19.2 Å². The molecule has 1 amide bonds. The Morgan fingerprint density at radius 3 is 2.63 bits per heavy atom. The predicted octanol–water partition coefficient (Wildman–Crippen LogP) is 1.63. The van der Waals surface area contributed by atoms with Crippen LogP contribution in [0.1, 0.15) is 38.1 Å². The zero-order valence-corrected chi connectivity index (χ0v) is 18.1. The topological polar surface area (TPSA) is 93.5 Å². The molecule has 2 aliphatic heterocycles. The molecule has 1 N–H and O–H groups in total. The van der Waals surface area contributed by atoms with E-state index in [1.54, 1.807) is 6.20 Å². The van der Waals surface area contributed by atoms with Gasteiger partial charge in [-0.3, -0.25) is 4.79 Å². The first-order chi connectivity index (χ1) is 14.3. The number of benzene rings is 1. The molecule has 1 atom stereocenters. The van der Waals surface area contributed by atoms with Crippen LogP contribution >= 0.6 is 0 Å². The van der Waals surface area contributed by atoms with E-state index in [1.807, 2.05) is 54.9 Å². The van der Waals surface area contributed by atoms with Gasteiger partial charge in [0.2, 0.25) is 10.0 Å². The minimum absolute atomic E-state index is 0.0181. The summed E-state index contributed by atoms with van der Waals surface area (Å²) in [6.45, 7) is 4.90. The van der Waals surface area contributed by atoms with Gasteiger partial charge in [-0.2, -0.15) is 0 Å². The second-order valence-corrected chi connectivity index (χ2v) is 10.3. The van der Waals surface area contributed by atoms with Crippen LogP contribution in [0.25, 0.3) is 0 Å². The van der Waals surface area contributed by atoms with Gasteiger partial charge in [0, 0.05) is 31.5 Å². The zero-order chi connectivity index (χ0) is 21.4. The number of rotatable bonds is 5. The Labute approximate surface area is 177 Å². The molecule has 9 heteroatoms. The van der Waals surface area contributed by atoms with Crippen LogP contribution in [0.5, 0.6) is 0 Å². The Balaban J connectivity index is 1.50. The van der Waals surface area contributed by atoms with E-state index in [4.69, 9.17) is 4.74 Å². The molecule has 8 nitrogen and oxygen atoms in total. The summed E-state index contributed by atoms with van der Waals surface area (Å²) in [7, 11) is -3.43. The molecule has 0 radical (unpaired) electrons. The van der Waals surface area contributed by atoms with Crippen molar-refractivity contribution in [3.05, 3.63) is 54.1 Å². The average molecular weight is 433 g/mol. The number of fused-ring (bicyclic) bond motifs is 2. The Hall–Kier alpha value is -2.23. The number of imidazole rings is 1. The van der Waals surface area contributed by atoms with Gasteiger partial charge in [0.05, 0.1) is 12.3 Å². The van der Waals surface area contributed by atoms with Crippen molar-refractivity contribution in [3.8, 4) is 0 Å². The molecule has 2 aromatic rings. The highest BCUT2D eigenvalue weighted by molar-refractivity contribution is 7.88. The van der Waals surface area contributed by atoms with E-state index in [2.05, 4.69) is 10.3 Å². The van der Waals surface area contributed by atoms with Crippen LogP contribution < -0.4 is 5.32 Å². The Morgan fingerprint density at radius 2 is 1.97 bits per heavy atom. The van der Waals surface area contributed by atoms with Gasteiger partial charge in [-0.1, -0.05) is 30.3 Å². The third kappa shape index (κ3) is 4.14. The van der Waals surface area contributed by atoms with Crippen LogP contribution in [-0.4, -0.2) is 53.4 Å². The van der Waals surface area contributed by atoms with E-state index < -0.39 is 21.7 Å². The lowest BCUT2D eigenvalue weighted by molar-refractivity contribution is -0.171. The summed E-state index contributed by atoms with van der Waals surface area (Å²) in [5.74, 6) is 0.606. The number of amides is 1. The Kier molecular flexibility index (Phi) is 5.69. The molecular formula is C21H28N4O4S. The summed E-state index contributed by atoms with van der Waals surface area (Å²) in [4.78, 5) is 17.1. The third-order valence-electron chi connectivity index (χ3n) is 5.69. The molecule has 1 unspecified atom stereocenters. The molecule has 0 bridgehead atoms. The van der Waals surface area contributed by atoms with Crippen molar-refractivity contribution in [2.75, 3.05) is 13.1 Å². The summed E-state index contributed by atoms with van der Waals surface area (Å²) >= 11 is 0. The van der Waals surface area contributed by atoms with E-state index >= 15 is 0 Å². The number of carbonyl (C=O) groups excluding carboxylic acids is 1. The number of hydrogen-bond donors (Lipinski definition) is 1. The van der Waals surface area contributed by atoms with Gasteiger partial charge in [0.25, 0.3) is 5.91 Å². The van der Waals surface area contributed by atoms with Gasteiger partial charge < -0.3 is 14.6 Å². The number of ether oxygens (including phenoxy) is 1. The molecule has 0 saturated carbocycles. The average Bonchev–Trinajstić information content (AvgIpc) is 3.18. The molecule has 1 saturated heterocycles. The second kappa shape index (κ2) is 8.13. The highest BCUT2D eigenvalue weighted by Gasteiger charge is 2.48. The standard InChI is InChI=1S/C21H28N4O4S/c1-16(2)23-19(26)18-14-24-13-10-22-20(24)21(29-18)8-11-25(12-9-21)30(27,28)15-17-6-4-3-5-7-17/h3-7,10,13,16,18H,8-9,11-12,14-15H2,1-2H3,(H,23,26). The molecule has 4 rings (SSSR count). The maximum Gasteiger partial charge on any atom is 0.251 e. The van der Waals surface area contributed by atoms with Crippen LogP contribution in [0.2, 0.25) is 0 Å². The van der Waals surface area contributed by atoms with Crippen molar-refractivity contribution >= 4 is 15.9 Å². The fraction of sp³-hybridized carbons (Fsp3) is 0.524. The van der Waals surface area contributed by atoms with Gasteiger partial charge in [-0.15, -0.1) is 0 Å². The number of nitrogens with zero attached hydrogens (tertiary/aromatic N) is 3. The molecule has 1 aromatic carbocycles. The fourth-order valence-electron chi connectivity index (χ4n) is 4.25. The van der Waals surface area contributed by atoms with Crippen molar-refractivity contribution < 1.29 is 17.9 Å². The highest BCUT2D eigenvalue weighted by atomic mass is 32.2. The summed E-state index contributed by atoms with van der Waals surface area (Å²) in [5.41, 5.74) is 0.0205. The van der Waals surface area contributed by atoms with Crippen molar-refractivity contribution in [2.24, 2.45) is 0 Å². The van der Waals surface area contributed by atoms with E-state index in [-0.39, 0.29) is 17.7 Å². The van der Waals surface area contributed by atoms with Gasteiger partial charge in [-0.05, 0) is 32.3 Å². The van der Waals surface area contributed by atoms with Gasteiger partial charge in [0.15, 0.2) is 6.10 Å². The van der Waals surface area contributed by atoms with Gasteiger partial charge >= 0.3 is 0 Å². The molecule has 2 aliphatic rings. The van der Waals surface area contributed by atoms with E-state index in [0.717, 1.165) is 11.4 Å². The maximum absolute atomic E-state index is 12.9. The molecular weight excluding hydrogens is 404 g/mol. The largest absolute Gasteiger partial charge is 0.352 e. The third-order valence-corrected chi connectivity index (χ3v) is 7.54. The molecule has 0 aliphatic carbocycles. The lowest BCUT2D eigenvalue weighted by Crippen LogP contribution is -2.55.